The number of hydrogen-bond donors (Lipinski definition) is 0. The number of esters is 1. The van der Waals surface area contributed by atoms with Crippen molar-refractivity contribution in [3.05, 3.63) is 214 Å². The molecule has 3 saturated heterocycles. The number of thiophene rings is 1. The van der Waals surface area contributed by atoms with Crippen molar-refractivity contribution >= 4 is 119 Å². The number of aromatic nitrogens is 3. The molecule has 0 radical (unpaired) electrons. The molecule has 3 amide bonds. The van der Waals surface area contributed by atoms with E-state index in [1.165, 1.54) is 17.6 Å². The standard InChI is InChI=1S/C29H34Cl2N4O4.C26H24N4O5.C24H28N4O4S/c1-5-38-29(37)25-26(21-17-19(2)7-10-24(21)32-27(25)39-16-6-11-33(3)4)34-12-14-35(15-13-34)28(36)20-8-9-22(30)23(31)18-20;1-18-9-10-21-20(16-18)23(28-11-13-29(14-12-28)26(31)22-8-5-15-34-22)24(30(32)33)25(27-21)35-17-19-6-3-2-4-7-19;1-17(2)7-5-15-32-23-22(28(30)31)21(18-8-3-4-9-19(18)25-23)26-11-13-27(14-12-26)24(29)20-10-6-16-33-20/h7-10,17-18H,5-6,11-16H2,1-4H3;2-10,15-16H,11-14,17H2,1H3;3-4,6,8-10,16-17H,5,7,11-15H2,1-2H3. The van der Waals surface area contributed by atoms with Gasteiger partial charge in [0.2, 0.25) is 5.88 Å². The number of para-hydroxylation sites is 1. The van der Waals surface area contributed by atoms with Crippen LogP contribution in [-0.4, -0.2) is 187 Å². The SMILES string of the molecule is CC(C)CCCOc1nc2ccccc2c(N2CCN(C(=O)c3cccs3)CC2)c1[N+](=O)[O-].CCOC(=O)c1c(OCCCN(C)C)nc2ccc(C)cc2c1N1CCN(C(=O)c2ccc(Cl)c(Cl)c2)CC1.Cc1ccc2nc(OCc3ccccc3)c([N+](=O)[O-])c(N3CCN(C(=O)c4ccco4)CC3)c2c1. The number of amides is 3. The Balaban J connectivity index is 0.000000160. The molecule has 0 spiro atoms. The molecule has 0 bridgehead atoms. The second-order valence-electron chi connectivity index (χ2n) is 26.7. The predicted octanol–water partition coefficient (Wildman–Crippen LogP) is 14.9. The Bertz CT molecular complexity index is 4800. The molecule has 3 fully saturated rings. The molecular weight excluding hydrogens is 1430 g/mol. The van der Waals surface area contributed by atoms with Gasteiger partial charge in [0.1, 0.15) is 23.5 Å². The van der Waals surface area contributed by atoms with Crippen molar-refractivity contribution in [1.82, 2.24) is 34.6 Å². The predicted molar refractivity (Wildman–Crippen MR) is 417 cm³/mol. The number of anilines is 3. The summed E-state index contributed by atoms with van der Waals surface area (Å²) in [5.41, 5.74) is 7.19. The lowest BCUT2D eigenvalue weighted by Crippen LogP contribution is -2.49. The van der Waals surface area contributed by atoms with E-state index in [4.69, 9.17) is 51.6 Å². The number of halogens is 2. The molecule has 28 heteroatoms. The van der Waals surface area contributed by atoms with Gasteiger partial charge in [-0.2, -0.15) is 0 Å². The van der Waals surface area contributed by atoms with Gasteiger partial charge in [-0.05, 0) is 138 Å². The van der Waals surface area contributed by atoms with Crippen LogP contribution in [0.25, 0.3) is 32.7 Å². The highest BCUT2D eigenvalue weighted by Crippen LogP contribution is 2.45. The number of hydrogen-bond acceptors (Lipinski definition) is 21. The van der Waals surface area contributed by atoms with Crippen LogP contribution in [0.15, 0.2) is 150 Å². The number of nitro groups is 2. The monoisotopic (exact) mass is 1510 g/mol. The molecule has 0 aliphatic carbocycles. The van der Waals surface area contributed by atoms with Crippen molar-refractivity contribution in [3.8, 4) is 17.6 Å². The van der Waals surface area contributed by atoms with Crippen molar-refractivity contribution in [2.24, 2.45) is 5.92 Å². The number of aryl methyl sites for hydroxylation is 2. The molecule has 5 aromatic heterocycles. The van der Waals surface area contributed by atoms with Gasteiger partial charge in [-0.3, -0.25) is 34.6 Å². The van der Waals surface area contributed by atoms with E-state index in [0.29, 0.717) is 152 Å². The summed E-state index contributed by atoms with van der Waals surface area (Å²) >= 11 is 13.6. The number of nitrogens with zero attached hydrogens (tertiary/aromatic N) is 12. The second kappa shape index (κ2) is 36.1. The molecule has 107 heavy (non-hydrogen) atoms. The summed E-state index contributed by atoms with van der Waals surface area (Å²) in [6.45, 7) is 17.7. The average Bonchev–Trinajstić information content (AvgIpc) is 1.08. The van der Waals surface area contributed by atoms with Crippen molar-refractivity contribution in [1.29, 1.82) is 0 Å². The van der Waals surface area contributed by atoms with E-state index in [1.807, 2.05) is 146 Å². The Labute approximate surface area is 634 Å². The van der Waals surface area contributed by atoms with Crippen molar-refractivity contribution in [2.45, 2.75) is 60.5 Å². The Morgan fingerprint density at radius 3 is 1.66 bits per heavy atom. The van der Waals surface area contributed by atoms with E-state index in [2.05, 4.69) is 33.6 Å². The lowest BCUT2D eigenvalue weighted by Gasteiger charge is -2.37. The Morgan fingerprint density at radius 1 is 0.570 bits per heavy atom. The van der Waals surface area contributed by atoms with Crippen LogP contribution in [0.3, 0.4) is 0 Å². The molecule has 3 aliphatic heterocycles. The summed E-state index contributed by atoms with van der Waals surface area (Å²) in [5, 5.41) is 29.4. The summed E-state index contributed by atoms with van der Waals surface area (Å²) < 4.78 is 28.6. The number of ether oxygens (including phenoxy) is 4. The zero-order chi connectivity index (χ0) is 75.8. The molecule has 0 atom stereocenters. The fourth-order valence-corrected chi connectivity index (χ4v) is 14.1. The molecule has 0 N–H and O–H groups in total. The molecule has 10 aromatic rings. The topological polar surface area (TPSA) is 266 Å². The number of furan rings is 1. The molecule has 3 aliphatic rings. The molecule has 13 rings (SSSR count). The van der Waals surface area contributed by atoms with Gasteiger partial charge < -0.3 is 57.7 Å². The van der Waals surface area contributed by atoms with Gasteiger partial charge >= 0.3 is 17.3 Å². The zero-order valence-corrected chi connectivity index (χ0v) is 63.2. The fourth-order valence-electron chi connectivity index (χ4n) is 13.1. The quantitative estimate of drug-likeness (QED) is 0.0249. The molecule has 0 unspecified atom stereocenters. The average molecular weight is 1510 g/mol. The zero-order valence-electron chi connectivity index (χ0n) is 60.9. The number of piperazine rings is 3. The van der Waals surface area contributed by atoms with Crippen LogP contribution < -0.4 is 28.9 Å². The maximum Gasteiger partial charge on any atom is 0.354 e. The minimum Gasteiger partial charge on any atom is -0.477 e. The number of pyridine rings is 3. The number of carbonyl (C=O) groups excluding carboxylic acids is 4. The molecule has 8 heterocycles. The first-order valence-electron chi connectivity index (χ1n) is 35.6. The van der Waals surface area contributed by atoms with Crippen molar-refractivity contribution < 1.29 is 52.4 Å². The van der Waals surface area contributed by atoms with Crippen LogP contribution in [0.4, 0.5) is 28.4 Å². The number of rotatable bonds is 23. The van der Waals surface area contributed by atoms with E-state index < -0.39 is 15.8 Å². The van der Waals surface area contributed by atoms with Gasteiger partial charge in [0.25, 0.3) is 29.5 Å². The second-order valence-corrected chi connectivity index (χ2v) is 28.5. The van der Waals surface area contributed by atoms with Crippen LogP contribution >= 0.6 is 34.5 Å². The molecule has 25 nitrogen and oxygen atoms in total. The minimum absolute atomic E-state index is 0.00732. The van der Waals surface area contributed by atoms with E-state index in [1.54, 1.807) is 52.0 Å². The third kappa shape index (κ3) is 18.9. The summed E-state index contributed by atoms with van der Waals surface area (Å²) in [6.07, 6.45) is 4.04. The molecule has 560 valence electrons. The highest BCUT2D eigenvalue weighted by Gasteiger charge is 2.37. The largest absolute Gasteiger partial charge is 0.477 e. The van der Waals surface area contributed by atoms with Gasteiger partial charge in [0.05, 0.1) is 73.1 Å². The molecule has 0 saturated carbocycles. The summed E-state index contributed by atoms with van der Waals surface area (Å²) in [4.78, 5) is 104. The van der Waals surface area contributed by atoms with Gasteiger partial charge in [-0.15, -0.1) is 11.3 Å². The third-order valence-electron chi connectivity index (χ3n) is 18.4. The Hall–Kier alpha value is -10.7. The first-order chi connectivity index (χ1) is 51.6. The Morgan fingerprint density at radius 2 is 1.10 bits per heavy atom. The summed E-state index contributed by atoms with van der Waals surface area (Å²) in [5.74, 6) is 0.378. The Kier molecular flexibility index (Phi) is 26.1. The molecule has 5 aromatic carbocycles. The van der Waals surface area contributed by atoms with Gasteiger partial charge in [-0.25, -0.2) is 19.7 Å². The number of fused-ring (bicyclic) bond motifs is 3. The van der Waals surface area contributed by atoms with Crippen LogP contribution in [0.1, 0.15) is 97.7 Å². The lowest BCUT2D eigenvalue weighted by molar-refractivity contribution is -0.385. The van der Waals surface area contributed by atoms with E-state index in [-0.39, 0.29) is 65.7 Å². The smallest absolute Gasteiger partial charge is 0.354 e. The van der Waals surface area contributed by atoms with E-state index in [9.17, 15) is 39.4 Å². The first-order valence-corrected chi connectivity index (χ1v) is 37.3. The maximum absolute atomic E-state index is 13.4. The minimum atomic E-state index is -0.472. The lowest BCUT2D eigenvalue weighted by atomic mass is 10.0. The van der Waals surface area contributed by atoms with Gasteiger partial charge in [0, 0.05) is 107 Å². The van der Waals surface area contributed by atoms with E-state index >= 15 is 0 Å². The number of carbonyl (C=O) groups is 4. The van der Waals surface area contributed by atoms with Crippen molar-refractivity contribution in [2.75, 3.05) is 134 Å². The van der Waals surface area contributed by atoms with Gasteiger partial charge in [-0.1, -0.05) is 115 Å². The highest BCUT2D eigenvalue weighted by molar-refractivity contribution is 7.12. The van der Waals surface area contributed by atoms with Crippen LogP contribution in [0.5, 0.6) is 17.6 Å². The summed E-state index contributed by atoms with van der Waals surface area (Å²) in [6, 6.07) is 40.4. The molecular formula is C79H86Cl2N12O13S. The van der Waals surface area contributed by atoms with Gasteiger partial charge in [0.15, 0.2) is 5.76 Å². The van der Waals surface area contributed by atoms with E-state index in [0.717, 1.165) is 64.5 Å². The number of benzene rings is 5. The van der Waals surface area contributed by atoms with Crippen LogP contribution in [0, 0.1) is 40.0 Å². The first kappa shape index (κ1) is 77.4. The van der Waals surface area contributed by atoms with Crippen LogP contribution in [-0.2, 0) is 11.3 Å². The summed E-state index contributed by atoms with van der Waals surface area (Å²) in [7, 11) is 4.01. The third-order valence-corrected chi connectivity index (χ3v) is 20.0. The normalized spacial score (nSPS) is 13.9. The maximum atomic E-state index is 13.4. The fraction of sp³-hybridized carbons (Fsp3) is 0.354. The van der Waals surface area contributed by atoms with Crippen molar-refractivity contribution in [3.63, 3.8) is 0 Å². The highest BCUT2D eigenvalue weighted by atomic mass is 35.5. The van der Waals surface area contributed by atoms with Crippen LogP contribution in [0.2, 0.25) is 10.0 Å².